The third-order valence-electron chi connectivity index (χ3n) is 2.15. The molecule has 2 heterocycles. The lowest BCUT2D eigenvalue weighted by Gasteiger charge is -1.93. The molecule has 0 bridgehead atoms. The Kier molecular flexibility index (Phi) is 4.66. The lowest BCUT2D eigenvalue weighted by molar-refractivity contribution is 0.102. The predicted octanol–water partition coefficient (Wildman–Crippen LogP) is 4.96. The summed E-state index contributed by atoms with van der Waals surface area (Å²) in [6.45, 7) is 0. The van der Waals surface area contributed by atoms with Crippen molar-refractivity contribution >= 4 is 66.1 Å². The van der Waals surface area contributed by atoms with Gasteiger partial charge in [-0.15, -0.1) is 22.7 Å². The Morgan fingerprint density at radius 3 is 1.56 bits per heavy atom. The molecule has 0 N–H and O–H groups in total. The van der Waals surface area contributed by atoms with Crippen molar-refractivity contribution in [1.82, 2.24) is 0 Å². The van der Waals surface area contributed by atoms with E-state index in [9.17, 15) is 9.59 Å². The molecule has 0 amide bonds. The van der Waals surface area contributed by atoms with Crippen LogP contribution >= 0.6 is 54.5 Å². The van der Waals surface area contributed by atoms with E-state index < -0.39 is 0 Å². The van der Waals surface area contributed by atoms with Crippen LogP contribution in [0.5, 0.6) is 0 Å². The molecule has 18 heavy (non-hydrogen) atoms. The molecule has 0 atom stereocenters. The molecule has 0 aliphatic heterocycles. The number of ketones is 2. The summed E-state index contributed by atoms with van der Waals surface area (Å²) < 4.78 is 1.56. The third kappa shape index (κ3) is 3.06. The number of hydrogen-bond acceptors (Lipinski definition) is 4. The molecule has 92 valence electrons. The van der Waals surface area contributed by atoms with Gasteiger partial charge in [0.25, 0.3) is 0 Å². The Morgan fingerprint density at radius 2 is 1.28 bits per heavy atom. The van der Waals surface area contributed by atoms with Gasteiger partial charge in [-0.3, -0.25) is 9.59 Å². The Morgan fingerprint density at radius 1 is 0.889 bits per heavy atom. The van der Waals surface area contributed by atoms with Crippen molar-refractivity contribution < 1.29 is 9.59 Å². The summed E-state index contributed by atoms with van der Waals surface area (Å²) in [5, 5.41) is 3.64. The fourth-order valence-corrected chi connectivity index (χ4v) is 3.81. The molecule has 0 fully saturated rings. The average molecular weight is 406 g/mol. The maximum Gasteiger partial charge on any atom is 0.187 e. The smallest absolute Gasteiger partial charge is 0.187 e. The number of carbonyl (C=O) groups is 2. The van der Waals surface area contributed by atoms with Gasteiger partial charge in [-0.05, 0) is 66.9 Å². The van der Waals surface area contributed by atoms with Gasteiger partial charge in [-0.1, -0.05) is 0 Å². The van der Waals surface area contributed by atoms with E-state index in [0.29, 0.717) is 11.1 Å². The van der Waals surface area contributed by atoms with Gasteiger partial charge in [0.15, 0.2) is 11.6 Å². The number of rotatable bonds is 4. The van der Waals surface area contributed by atoms with Crippen LogP contribution in [0.2, 0.25) is 0 Å². The first-order chi connectivity index (χ1) is 8.59. The van der Waals surface area contributed by atoms with E-state index in [2.05, 4.69) is 31.9 Å². The highest BCUT2D eigenvalue weighted by Gasteiger charge is 2.11. The Balaban J connectivity index is 2.13. The Bertz CT molecular complexity index is 571. The molecule has 6 heteroatoms. The molecule has 0 spiro atoms. The maximum atomic E-state index is 11.8. The molecule has 2 rings (SSSR count). The summed E-state index contributed by atoms with van der Waals surface area (Å²) in [5.74, 6) is -0.356. The van der Waals surface area contributed by atoms with Crippen LogP contribution in [0.25, 0.3) is 0 Å². The first-order valence-electron chi connectivity index (χ1n) is 4.82. The summed E-state index contributed by atoms with van der Waals surface area (Å²) in [5.41, 5.74) is 1.15. The second-order valence-corrected chi connectivity index (χ2v) is 7.75. The number of hydrogen-bond donors (Lipinski definition) is 0. The highest BCUT2D eigenvalue weighted by Crippen LogP contribution is 2.25. The lowest BCUT2D eigenvalue weighted by Crippen LogP contribution is -1.97. The zero-order valence-electron chi connectivity index (χ0n) is 8.85. The van der Waals surface area contributed by atoms with Crippen LogP contribution in [0, 0.1) is 0 Å². The van der Waals surface area contributed by atoms with Gasteiger partial charge in [0.05, 0.1) is 7.57 Å². The van der Waals surface area contributed by atoms with Gasteiger partial charge in [0, 0.05) is 11.1 Å². The van der Waals surface area contributed by atoms with Crippen molar-refractivity contribution in [3.05, 3.63) is 53.7 Å². The lowest BCUT2D eigenvalue weighted by atomic mass is 10.1. The maximum absolute atomic E-state index is 11.8. The third-order valence-corrected chi connectivity index (χ3v) is 5.53. The topological polar surface area (TPSA) is 34.1 Å². The van der Waals surface area contributed by atoms with E-state index in [0.717, 1.165) is 7.57 Å². The zero-order chi connectivity index (χ0) is 13.1. The number of halogens is 2. The van der Waals surface area contributed by atoms with E-state index in [1.807, 2.05) is 10.8 Å². The van der Waals surface area contributed by atoms with Gasteiger partial charge >= 0.3 is 0 Å². The van der Waals surface area contributed by atoms with Crippen molar-refractivity contribution in [2.75, 3.05) is 0 Å². The van der Waals surface area contributed by atoms with E-state index in [4.69, 9.17) is 0 Å². The fourth-order valence-electron chi connectivity index (χ4n) is 1.27. The SMILES string of the molecule is O=C(/C=C/C(=O)c1ccsc1Br)c1ccsc1Br. The Hall–Kier alpha value is -0.560. The summed E-state index contributed by atoms with van der Waals surface area (Å²) in [7, 11) is 0. The summed E-state index contributed by atoms with van der Waals surface area (Å²) in [4.78, 5) is 23.6. The number of allylic oxidation sites excluding steroid dienone is 2. The summed E-state index contributed by atoms with van der Waals surface area (Å²) in [6, 6.07) is 3.46. The van der Waals surface area contributed by atoms with E-state index in [1.165, 1.54) is 34.8 Å². The minimum Gasteiger partial charge on any atom is -0.289 e. The van der Waals surface area contributed by atoms with Gasteiger partial charge in [0.2, 0.25) is 0 Å². The molecule has 2 nitrogen and oxygen atoms in total. The predicted molar refractivity (Wildman–Crippen MR) is 81.8 cm³/mol. The van der Waals surface area contributed by atoms with Crippen LogP contribution in [0.4, 0.5) is 0 Å². The van der Waals surface area contributed by atoms with Crippen molar-refractivity contribution in [3.8, 4) is 0 Å². The minimum absolute atomic E-state index is 0.178. The number of carbonyl (C=O) groups excluding carboxylic acids is 2. The molecule has 0 saturated carbocycles. The second-order valence-electron chi connectivity index (χ2n) is 3.28. The van der Waals surface area contributed by atoms with E-state index in [-0.39, 0.29) is 11.6 Å². The standard InChI is InChI=1S/C12H6Br2O2S2/c13-11-7(3-5-17-11)9(15)1-2-10(16)8-4-6-18-12(8)14/h1-6H/b2-1+. The molecular formula is C12H6Br2O2S2. The highest BCUT2D eigenvalue weighted by molar-refractivity contribution is 9.11. The normalized spacial score (nSPS) is 11.0. The number of thiophene rings is 2. The highest BCUT2D eigenvalue weighted by atomic mass is 79.9. The van der Waals surface area contributed by atoms with Crippen molar-refractivity contribution in [2.24, 2.45) is 0 Å². The summed E-state index contributed by atoms with van der Waals surface area (Å²) in [6.07, 6.45) is 2.61. The molecule has 0 saturated heterocycles. The first kappa shape index (κ1) is 13.9. The fraction of sp³-hybridized carbons (Fsp3) is 0. The molecule has 0 aliphatic rings. The Labute approximate surface area is 129 Å². The molecule has 2 aromatic heterocycles. The van der Waals surface area contributed by atoms with Crippen LogP contribution in [0.1, 0.15) is 20.7 Å². The van der Waals surface area contributed by atoms with Crippen LogP contribution < -0.4 is 0 Å². The molecule has 2 aromatic rings. The van der Waals surface area contributed by atoms with Gasteiger partial charge in [-0.25, -0.2) is 0 Å². The second kappa shape index (κ2) is 6.06. The van der Waals surface area contributed by atoms with Gasteiger partial charge < -0.3 is 0 Å². The van der Waals surface area contributed by atoms with Crippen LogP contribution in [-0.4, -0.2) is 11.6 Å². The molecule has 0 aromatic carbocycles. The zero-order valence-corrected chi connectivity index (χ0v) is 13.7. The van der Waals surface area contributed by atoms with Crippen molar-refractivity contribution in [2.45, 2.75) is 0 Å². The van der Waals surface area contributed by atoms with Crippen LogP contribution in [0.15, 0.2) is 42.6 Å². The van der Waals surface area contributed by atoms with Crippen LogP contribution in [-0.2, 0) is 0 Å². The van der Waals surface area contributed by atoms with E-state index in [1.54, 1.807) is 12.1 Å². The van der Waals surface area contributed by atoms with Crippen molar-refractivity contribution in [3.63, 3.8) is 0 Å². The summed E-state index contributed by atoms with van der Waals surface area (Å²) >= 11 is 9.47. The molecule has 0 radical (unpaired) electrons. The van der Waals surface area contributed by atoms with Gasteiger partial charge in [-0.2, -0.15) is 0 Å². The quantitative estimate of drug-likeness (QED) is 0.532. The molecule has 0 aliphatic carbocycles. The van der Waals surface area contributed by atoms with E-state index >= 15 is 0 Å². The largest absolute Gasteiger partial charge is 0.289 e. The first-order valence-corrected chi connectivity index (χ1v) is 8.17. The molecular weight excluding hydrogens is 400 g/mol. The molecule has 0 unspecified atom stereocenters. The van der Waals surface area contributed by atoms with Gasteiger partial charge in [0.1, 0.15) is 0 Å². The average Bonchev–Trinajstić information content (AvgIpc) is 2.94. The van der Waals surface area contributed by atoms with Crippen LogP contribution in [0.3, 0.4) is 0 Å². The van der Waals surface area contributed by atoms with Crippen molar-refractivity contribution in [1.29, 1.82) is 0 Å². The monoisotopic (exact) mass is 404 g/mol. The minimum atomic E-state index is -0.178.